The molecule has 5 bridgehead atoms. The predicted molar refractivity (Wildman–Crippen MR) is 174 cm³/mol. The van der Waals surface area contributed by atoms with Gasteiger partial charge in [0, 0.05) is 24.9 Å². The van der Waals surface area contributed by atoms with E-state index in [2.05, 4.69) is 0 Å². The van der Waals surface area contributed by atoms with E-state index in [1.165, 1.54) is 0 Å². The molecular weight excluding hydrogens is 662 g/mol. The van der Waals surface area contributed by atoms with E-state index >= 15 is 0 Å². The lowest BCUT2D eigenvalue weighted by molar-refractivity contribution is -0.550. The lowest BCUT2D eigenvalue weighted by Crippen LogP contribution is -2.65. The molecule has 5 aliphatic heterocycles. The number of nitrogens with one attached hydrogen (secondary N) is 1. The standard InChI is InChI=1S/C32H57N5O13/c1-3-5-7-35-9-18-16(12-38)23(39)25(41)21(48-18)14-46-13-17-19-11-37(31(35)33)32(34)36(8-6-4-2)10-20-29(27(43)28(44)30(45)50-20)47-15-22(49-19)26(42)24(17)40/h16-30,33-34,38-45H,3-15H2,1-2H3/p+1. The Morgan fingerprint density at radius 1 is 0.760 bits per heavy atom. The highest BCUT2D eigenvalue weighted by Gasteiger charge is 2.52. The number of hydrogen-bond donors (Lipinski definition) is 10. The number of guanidine groups is 2. The lowest BCUT2D eigenvalue weighted by atomic mass is 9.86. The van der Waals surface area contributed by atoms with Crippen molar-refractivity contribution in [3.63, 3.8) is 0 Å². The summed E-state index contributed by atoms with van der Waals surface area (Å²) in [6.07, 6.45) is -13.7. The third-order valence-corrected chi connectivity index (χ3v) is 10.8. The zero-order valence-electron chi connectivity index (χ0n) is 28.9. The normalized spacial score (nSPS) is 43.6. The molecule has 50 heavy (non-hydrogen) atoms. The van der Waals surface area contributed by atoms with Gasteiger partial charge in [0.05, 0.1) is 63.9 Å². The van der Waals surface area contributed by atoms with Crippen LogP contribution in [-0.4, -0.2) is 206 Å². The number of unbranched alkanes of at least 4 members (excludes halogenated alkanes) is 2. The lowest BCUT2D eigenvalue weighted by Gasteiger charge is -2.46. The van der Waals surface area contributed by atoms with Gasteiger partial charge in [0.15, 0.2) is 6.29 Å². The Bertz CT molecular complexity index is 1160. The molecule has 5 aliphatic rings. The average Bonchev–Trinajstić information content (AvgIpc) is 3.10. The van der Waals surface area contributed by atoms with Crippen molar-refractivity contribution in [2.24, 2.45) is 17.6 Å². The maximum absolute atomic E-state index is 11.5. The molecule has 0 aromatic heterocycles. The Hall–Kier alpha value is -1.78. The number of aliphatic hydroxyl groups is 8. The van der Waals surface area contributed by atoms with Gasteiger partial charge in [0.2, 0.25) is 0 Å². The van der Waals surface area contributed by atoms with Crippen molar-refractivity contribution in [1.29, 1.82) is 5.41 Å². The van der Waals surface area contributed by atoms with Gasteiger partial charge in [0.25, 0.3) is 5.96 Å². The predicted octanol–water partition coefficient (Wildman–Crippen LogP) is -4.48. The molecule has 15 atom stereocenters. The summed E-state index contributed by atoms with van der Waals surface area (Å²) in [7, 11) is 0. The summed E-state index contributed by atoms with van der Waals surface area (Å²) < 4.78 is 32.2. The summed E-state index contributed by atoms with van der Waals surface area (Å²) >= 11 is 0. The minimum atomic E-state index is -1.72. The zero-order chi connectivity index (χ0) is 36.3. The van der Waals surface area contributed by atoms with E-state index in [1.807, 2.05) is 13.8 Å². The third-order valence-electron chi connectivity index (χ3n) is 10.8. The van der Waals surface area contributed by atoms with Gasteiger partial charge in [-0.3, -0.25) is 15.7 Å². The average molecular weight is 721 g/mol. The van der Waals surface area contributed by atoms with E-state index in [9.17, 15) is 46.3 Å². The highest BCUT2D eigenvalue weighted by Crippen LogP contribution is 2.33. The molecule has 4 saturated heterocycles. The SMILES string of the molecule is CCCCN1CC2OC(COCC3C4CN(C1=N)C(N)=[N+](CCCC)CC1OC(O)C(O)C(O)C1OCC(O4)C(O)C3O)C(O)C(O)C2CO. The van der Waals surface area contributed by atoms with Gasteiger partial charge >= 0.3 is 5.96 Å². The molecule has 15 unspecified atom stereocenters. The van der Waals surface area contributed by atoms with Crippen LogP contribution in [0.2, 0.25) is 0 Å². The fraction of sp³-hybridized carbons (Fsp3) is 0.938. The Kier molecular flexibility index (Phi) is 13.7. The minimum absolute atomic E-state index is 0.00588. The summed E-state index contributed by atoms with van der Waals surface area (Å²) in [6, 6.07) is 0. The first-order chi connectivity index (χ1) is 23.9. The van der Waals surface area contributed by atoms with Crippen LogP contribution in [0.25, 0.3) is 0 Å². The summed E-state index contributed by atoms with van der Waals surface area (Å²) in [5, 5.41) is 96.6. The van der Waals surface area contributed by atoms with E-state index in [0.29, 0.717) is 25.9 Å². The number of nitrogens with two attached hydrogens (primary N) is 1. The molecule has 5 heterocycles. The maximum Gasteiger partial charge on any atom is 0.353 e. The van der Waals surface area contributed by atoms with Gasteiger partial charge in [-0.05, 0) is 12.8 Å². The number of fused-ring (bicyclic) bond motifs is 5. The molecule has 11 N–H and O–H groups in total. The fourth-order valence-corrected chi connectivity index (χ4v) is 7.59. The molecule has 0 aromatic carbocycles. The summed E-state index contributed by atoms with van der Waals surface area (Å²) in [5.41, 5.74) is 7.00. The van der Waals surface area contributed by atoms with Crippen molar-refractivity contribution in [1.82, 2.24) is 9.80 Å². The van der Waals surface area contributed by atoms with Gasteiger partial charge in [-0.15, -0.1) is 0 Å². The van der Waals surface area contributed by atoms with Crippen molar-refractivity contribution >= 4 is 11.9 Å². The monoisotopic (exact) mass is 720 g/mol. The van der Waals surface area contributed by atoms with E-state index in [-0.39, 0.29) is 51.4 Å². The third kappa shape index (κ3) is 8.22. The molecule has 4 fully saturated rings. The molecule has 288 valence electrons. The van der Waals surface area contributed by atoms with E-state index in [1.54, 1.807) is 14.4 Å². The number of rotatable bonds is 7. The van der Waals surface area contributed by atoms with Crippen LogP contribution < -0.4 is 5.73 Å². The first-order valence-corrected chi connectivity index (χ1v) is 17.9. The molecule has 0 saturated carbocycles. The van der Waals surface area contributed by atoms with Crippen molar-refractivity contribution < 1.29 is 69.1 Å². The quantitative estimate of drug-likeness (QED) is 0.111. The second-order valence-corrected chi connectivity index (χ2v) is 14.2. The molecule has 5 rings (SSSR count). The summed E-state index contributed by atoms with van der Waals surface area (Å²) in [6.45, 7) is 3.63. The minimum Gasteiger partial charge on any atom is -0.396 e. The van der Waals surface area contributed by atoms with E-state index < -0.39 is 98.0 Å². The van der Waals surface area contributed by atoms with Gasteiger partial charge in [0.1, 0.15) is 55.4 Å². The smallest absolute Gasteiger partial charge is 0.353 e. The van der Waals surface area contributed by atoms with Gasteiger partial charge in [-0.25, -0.2) is 0 Å². The van der Waals surface area contributed by atoms with Crippen LogP contribution in [0.15, 0.2) is 0 Å². The largest absolute Gasteiger partial charge is 0.396 e. The van der Waals surface area contributed by atoms with Crippen LogP contribution in [0.4, 0.5) is 0 Å². The Labute approximate surface area is 292 Å². The van der Waals surface area contributed by atoms with Crippen LogP contribution in [0.5, 0.6) is 0 Å². The van der Waals surface area contributed by atoms with E-state index in [4.69, 9.17) is 29.4 Å². The van der Waals surface area contributed by atoms with Crippen LogP contribution in [0, 0.1) is 17.2 Å². The van der Waals surface area contributed by atoms with Crippen LogP contribution in [-0.2, 0) is 23.7 Å². The number of aliphatic hydroxyl groups excluding tert-OH is 8. The van der Waals surface area contributed by atoms with Crippen molar-refractivity contribution in [2.75, 3.05) is 59.2 Å². The second-order valence-electron chi connectivity index (χ2n) is 14.2. The highest BCUT2D eigenvalue weighted by molar-refractivity contribution is 5.94. The van der Waals surface area contributed by atoms with E-state index in [0.717, 1.165) is 12.8 Å². The Balaban J connectivity index is 1.63. The number of nitrogens with zero attached hydrogens (tertiary/aromatic N) is 3. The summed E-state index contributed by atoms with van der Waals surface area (Å²) in [5.74, 6) is -1.68. The Morgan fingerprint density at radius 3 is 2.14 bits per heavy atom. The van der Waals surface area contributed by atoms with Gasteiger partial charge < -0.3 is 69.4 Å². The highest BCUT2D eigenvalue weighted by atomic mass is 16.7. The molecular formula is C32H58N5O13+. The number of ether oxygens (including phenoxy) is 5. The van der Waals surface area contributed by atoms with Crippen LogP contribution in [0.1, 0.15) is 39.5 Å². The second kappa shape index (κ2) is 17.4. The topological polar surface area (TPSA) is 267 Å². The summed E-state index contributed by atoms with van der Waals surface area (Å²) in [4.78, 5) is 3.28. The molecule has 0 spiro atoms. The van der Waals surface area contributed by atoms with Gasteiger partial charge in [-0.1, -0.05) is 26.7 Å². The van der Waals surface area contributed by atoms with Gasteiger partial charge in [-0.2, -0.15) is 4.90 Å². The first kappa shape index (κ1) is 39.4. The van der Waals surface area contributed by atoms with Crippen molar-refractivity contribution in [2.45, 2.75) is 119 Å². The first-order valence-electron chi connectivity index (χ1n) is 17.9. The zero-order valence-corrected chi connectivity index (χ0v) is 28.9. The maximum atomic E-state index is 11.5. The van der Waals surface area contributed by atoms with Crippen LogP contribution >= 0.6 is 0 Å². The Morgan fingerprint density at radius 2 is 1.44 bits per heavy atom. The van der Waals surface area contributed by atoms with Crippen molar-refractivity contribution in [3.05, 3.63) is 0 Å². The molecule has 0 aliphatic carbocycles. The number of hydrogen-bond acceptors (Lipinski definition) is 15. The molecule has 0 amide bonds. The fourth-order valence-electron chi connectivity index (χ4n) is 7.59. The molecule has 18 nitrogen and oxygen atoms in total. The van der Waals surface area contributed by atoms with Crippen molar-refractivity contribution in [3.8, 4) is 0 Å². The molecule has 0 aromatic rings. The molecule has 18 heteroatoms. The molecule has 0 radical (unpaired) electrons. The van der Waals surface area contributed by atoms with Crippen LogP contribution in [0.3, 0.4) is 0 Å².